The molecule has 0 amide bonds. The summed E-state index contributed by atoms with van der Waals surface area (Å²) in [7, 11) is 3.63. The highest BCUT2D eigenvalue weighted by molar-refractivity contribution is 5.79. The number of guanidine groups is 1. The van der Waals surface area contributed by atoms with Gasteiger partial charge in [-0.1, -0.05) is 25.5 Å². The number of methoxy groups -OCH3 is 1. The van der Waals surface area contributed by atoms with E-state index in [0.29, 0.717) is 13.1 Å². The Labute approximate surface area is 173 Å². The second-order valence-corrected chi connectivity index (χ2v) is 6.84. The first-order chi connectivity index (χ1) is 14.1. The van der Waals surface area contributed by atoms with E-state index in [2.05, 4.69) is 27.8 Å². The fourth-order valence-corrected chi connectivity index (χ4v) is 2.57. The van der Waals surface area contributed by atoms with E-state index < -0.39 is 0 Å². The zero-order valence-electron chi connectivity index (χ0n) is 18.1. The van der Waals surface area contributed by atoms with Gasteiger partial charge in [0.1, 0.15) is 11.6 Å². The van der Waals surface area contributed by atoms with Gasteiger partial charge < -0.3 is 24.7 Å². The summed E-state index contributed by atoms with van der Waals surface area (Å²) in [6, 6.07) is 7.93. The summed E-state index contributed by atoms with van der Waals surface area (Å²) < 4.78 is 12.8. The topological polar surface area (TPSA) is 85.6 Å². The third-order valence-electron chi connectivity index (χ3n) is 4.58. The number of nitrogens with one attached hydrogen (secondary N) is 2. The van der Waals surface area contributed by atoms with Crippen LogP contribution in [0.15, 0.2) is 29.3 Å². The number of ether oxygens (including phenoxy) is 2. The molecule has 0 bridgehead atoms. The molecule has 1 aromatic carbocycles. The van der Waals surface area contributed by atoms with Gasteiger partial charge in [-0.25, -0.2) is 4.99 Å². The van der Waals surface area contributed by atoms with Crippen LogP contribution in [0.3, 0.4) is 0 Å². The maximum Gasteiger partial charge on any atom is 0.191 e. The quantitative estimate of drug-likeness (QED) is 0.322. The number of unbranched alkanes of at least 4 members (excludes halogenated alkanes) is 1. The molecular weight excluding hydrogens is 368 g/mol. The molecular formula is C21H34N6O2. The lowest BCUT2D eigenvalue weighted by molar-refractivity contribution is 0.129. The lowest BCUT2D eigenvalue weighted by Gasteiger charge is -2.13. The van der Waals surface area contributed by atoms with E-state index in [4.69, 9.17) is 14.5 Å². The molecule has 29 heavy (non-hydrogen) atoms. The number of rotatable bonds is 12. The van der Waals surface area contributed by atoms with Crippen LogP contribution in [0.1, 0.15) is 43.4 Å². The van der Waals surface area contributed by atoms with Crippen molar-refractivity contribution in [2.75, 3.05) is 26.9 Å². The normalized spacial score (nSPS) is 11.5. The average Bonchev–Trinajstić information content (AvgIpc) is 3.07. The Bertz CT molecular complexity index is 742. The van der Waals surface area contributed by atoms with Crippen LogP contribution >= 0.6 is 0 Å². The summed E-state index contributed by atoms with van der Waals surface area (Å²) in [6.07, 6.45) is 3.20. The Balaban J connectivity index is 1.89. The van der Waals surface area contributed by atoms with Gasteiger partial charge in [0.25, 0.3) is 0 Å². The van der Waals surface area contributed by atoms with Gasteiger partial charge in [0.2, 0.25) is 0 Å². The number of nitrogens with zero attached hydrogens (tertiary/aromatic N) is 4. The molecule has 8 nitrogen and oxygen atoms in total. The zero-order valence-corrected chi connectivity index (χ0v) is 18.1. The van der Waals surface area contributed by atoms with Crippen molar-refractivity contribution >= 4 is 5.96 Å². The standard InChI is InChI=1S/C21H34N6O2/c1-5-6-13-29-14-7-12-22-21(24-16-20-26-25-17(2)27(20)3)23-15-18-8-10-19(28-4)11-9-18/h8-11H,5-7,12-16H2,1-4H3,(H2,22,23,24). The van der Waals surface area contributed by atoms with E-state index in [-0.39, 0.29) is 0 Å². The Morgan fingerprint density at radius 2 is 1.86 bits per heavy atom. The largest absolute Gasteiger partial charge is 0.497 e. The van der Waals surface area contributed by atoms with Gasteiger partial charge in [0, 0.05) is 26.8 Å². The molecule has 8 heteroatoms. The third kappa shape index (κ3) is 8.11. The molecule has 2 aromatic rings. The van der Waals surface area contributed by atoms with E-state index in [1.807, 2.05) is 42.8 Å². The summed E-state index contributed by atoms with van der Waals surface area (Å²) >= 11 is 0. The minimum Gasteiger partial charge on any atom is -0.497 e. The summed E-state index contributed by atoms with van der Waals surface area (Å²) in [5.41, 5.74) is 1.12. The maximum atomic E-state index is 5.62. The minimum absolute atomic E-state index is 0.554. The molecule has 0 atom stereocenters. The highest BCUT2D eigenvalue weighted by Crippen LogP contribution is 2.11. The first-order valence-electron chi connectivity index (χ1n) is 10.2. The lowest BCUT2D eigenvalue weighted by atomic mass is 10.2. The van der Waals surface area contributed by atoms with Crippen LogP contribution in [-0.2, 0) is 24.9 Å². The van der Waals surface area contributed by atoms with Gasteiger partial charge in [-0.2, -0.15) is 0 Å². The van der Waals surface area contributed by atoms with E-state index in [1.54, 1.807) is 7.11 Å². The lowest BCUT2D eigenvalue weighted by Crippen LogP contribution is -2.38. The van der Waals surface area contributed by atoms with Gasteiger partial charge in [-0.3, -0.25) is 0 Å². The van der Waals surface area contributed by atoms with Crippen LogP contribution in [-0.4, -0.2) is 47.6 Å². The molecule has 0 unspecified atom stereocenters. The fraction of sp³-hybridized carbons (Fsp3) is 0.571. The van der Waals surface area contributed by atoms with Gasteiger partial charge in [0.15, 0.2) is 11.8 Å². The molecule has 2 N–H and O–H groups in total. The van der Waals surface area contributed by atoms with Gasteiger partial charge in [-0.15, -0.1) is 10.2 Å². The van der Waals surface area contributed by atoms with Crippen LogP contribution in [0.4, 0.5) is 0 Å². The minimum atomic E-state index is 0.554. The number of hydrogen-bond acceptors (Lipinski definition) is 5. The van der Waals surface area contributed by atoms with Crippen molar-refractivity contribution < 1.29 is 9.47 Å². The average molecular weight is 403 g/mol. The summed E-state index contributed by atoms with van der Waals surface area (Å²) in [6.45, 7) is 7.61. The SMILES string of the molecule is CCCCOCCCNC(=NCc1ccc(OC)cc1)NCc1nnc(C)n1C. The van der Waals surface area contributed by atoms with E-state index in [9.17, 15) is 0 Å². The predicted octanol–water partition coefficient (Wildman–Crippen LogP) is 2.57. The van der Waals surface area contributed by atoms with Crippen molar-refractivity contribution in [3.63, 3.8) is 0 Å². The highest BCUT2D eigenvalue weighted by Gasteiger charge is 2.06. The first kappa shape index (κ1) is 22.7. The molecule has 160 valence electrons. The number of benzene rings is 1. The highest BCUT2D eigenvalue weighted by atomic mass is 16.5. The van der Waals surface area contributed by atoms with Crippen molar-refractivity contribution in [2.45, 2.75) is 46.2 Å². The van der Waals surface area contributed by atoms with Crippen molar-refractivity contribution in [1.82, 2.24) is 25.4 Å². The molecule has 0 radical (unpaired) electrons. The summed E-state index contributed by atoms with van der Waals surface area (Å²) in [4.78, 5) is 4.70. The Morgan fingerprint density at radius 3 is 2.52 bits per heavy atom. The molecule has 0 aliphatic rings. The second kappa shape index (κ2) is 12.8. The van der Waals surface area contributed by atoms with Crippen molar-refractivity contribution in [1.29, 1.82) is 0 Å². The van der Waals surface area contributed by atoms with Crippen molar-refractivity contribution in [3.05, 3.63) is 41.5 Å². The number of aromatic nitrogens is 3. The molecule has 1 aromatic heterocycles. The third-order valence-corrected chi connectivity index (χ3v) is 4.58. The Morgan fingerprint density at radius 1 is 1.10 bits per heavy atom. The Hall–Kier alpha value is -2.61. The van der Waals surface area contributed by atoms with E-state index >= 15 is 0 Å². The molecule has 0 saturated carbocycles. The molecule has 0 aliphatic carbocycles. The van der Waals surface area contributed by atoms with Gasteiger partial charge in [-0.05, 0) is 37.5 Å². The molecule has 0 aliphatic heterocycles. The monoisotopic (exact) mass is 402 g/mol. The van der Waals surface area contributed by atoms with Crippen molar-refractivity contribution in [2.24, 2.45) is 12.0 Å². The smallest absolute Gasteiger partial charge is 0.191 e. The van der Waals surface area contributed by atoms with E-state index in [1.165, 1.54) is 0 Å². The molecule has 2 rings (SSSR count). The number of hydrogen-bond donors (Lipinski definition) is 2. The number of aliphatic imine (C=N–C) groups is 1. The maximum absolute atomic E-state index is 5.62. The second-order valence-electron chi connectivity index (χ2n) is 6.84. The van der Waals surface area contributed by atoms with Crippen LogP contribution < -0.4 is 15.4 Å². The molecule has 0 spiro atoms. The van der Waals surface area contributed by atoms with Crippen LogP contribution in [0.25, 0.3) is 0 Å². The van der Waals surface area contributed by atoms with Crippen molar-refractivity contribution in [3.8, 4) is 5.75 Å². The van der Waals surface area contributed by atoms with Gasteiger partial charge in [0.05, 0.1) is 20.2 Å². The molecule has 0 fully saturated rings. The predicted molar refractivity (Wildman–Crippen MR) is 115 cm³/mol. The Kier molecular flexibility index (Phi) is 9.99. The van der Waals surface area contributed by atoms with Crippen LogP contribution in [0.5, 0.6) is 5.75 Å². The van der Waals surface area contributed by atoms with Crippen LogP contribution in [0.2, 0.25) is 0 Å². The van der Waals surface area contributed by atoms with Crippen LogP contribution in [0, 0.1) is 6.92 Å². The molecule has 0 saturated heterocycles. The number of aryl methyl sites for hydroxylation is 1. The summed E-state index contributed by atoms with van der Waals surface area (Å²) in [5.74, 6) is 3.34. The fourth-order valence-electron chi connectivity index (χ4n) is 2.57. The van der Waals surface area contributed by atoms with Gasteiger partial charge >= 0.3 is 0 Å². The van der Waals surface area contributed by atoms with E-state index in [0.717, 1.165) is 67.9 Å². The zero-order chi connectivity index (χ0) is 20.9. The summed E-state index contributed by atoms with van der Waals surface area (Å²) in [5, 5.41) is 15.0. The first-order valence-corrected chi connectivity index (χ1v) is 10.2. The molecule has 1 heterocycles.